The molecule has 0 saturated carbocycles. The maximum absolute atomic E-state index is 13.8. The van der Waals surface area contributed by atoms with Gasteiger partial charge in [-0.2, -0.15) is 0 Å². The van der Waals surface area contributed by atoms with Gasteiger partial charge in [-0.15, -0.1) is 11.3 Å². The lowest BCUT2D eigenvalue weighted by Gasteiger charge is -2.25. The van der Waals surface area contributed by atoms with Gasteiger partial charge in [0.2, 0.25) is 0 Å². The molecule has 0 aliphatic carbocycles. The summed E-state index contributed by atoms with van der Waals surface area (Å²) in [5.74, 6) is -1.97. The normalized spacial score (nSPS) is 17.8. The van der Waals surface area contributed by atoms with E-state index in [-0.39, 0.29) is 21.9 Å². The zero-order chi connectivity index (χ0) is 23.2. The van der Waals surface area contributed by atoms with E-state index in [1.807, 2.05) is 18.4 Å². The summed E-state index contributed by atoms with van der Waals surface area (Å²) < 4.78 is 19.0. The predicted octanol–water partition coefficient (Wildman–Crippen LogP) is 5.79. The molecule has 1 saturated heterocycles. The van der Waals surface area contributed by atoms with Crippen LogP contribution in [0.2, 0.25) is 5.02 Å². The van der Waals surface area contributed by atoms with E-state index in [1.165, 1.54) is 41.5 Å². The average Bonchev–Trinajstić information content (AvgIpc) is 3.30. The van der Waals surface area contributed by atoms with Gasteiger partial charge in [-0.1, -0.05) is 11.6 Å². The summed E-state index contributed by atoms with van der Waals surface area (Å²) in [7, 11) is 1.48. The molecular formula is C24H19ClFNO4S. The number of hydrogen-bond acceptors (Lipinski definition) is 5. The number of Topliss-reactive ketones (excluding diaryl/α,β-unsaturated/α-hetero) is 1. The second kappa shape index (κ2) is 8.41. The SMILES string of the molecule is COc1ccc(N2C(=O)C(=O)/C(=C(\O)c3ccc(F)c(C)c3)C2c2sccc2C)cc1Cl. The molecule has 4 rings (SSSR count). The highest BCUT2D eigenvalue weighted by Gasteiger charge is 2.48. The minimum absolute atomic E-state index is 0.0569. The van der Waals surface area contributed by atoms with Gasteiger partial charge in [0.1, 0.15) is 23.4 Å². The standard InChI is InChI=1S/C24H19ClFNO4S/c1-12-8-9-32-23(12)20-19(21(28)14-4-6-17(26)13(2)10-14)22(29)24(30)27(20)15-5-7-18(31-3)16(25)11-15/h4-11,20,28H,1-3H3/b21-19-. The lowest BCUT2D eigenvalue weighted by Crippen LogP contribution is -2.29. The fourth-order valence-corrected chi connectivity index (χ4v) is 5.04. The Balaban J connectivity index is 1.95. The molecule has 5 nitrogen and oxygen atoms in total. The summed E-state index contributed by atoms with van der Waals surface area (Å²) in [4.78, 5) is 28.4. The molecule has 1 N–H and O–H groups in total. The van der Waals surface area contributed by atoms with Gasteiger partial charge in [0.05, 0.1) is 17.7 Å². The lowest BCUT2D eigenvalue weighted by atomic mass is 9.97. The molecule has 32 heavy (non-hydrogen) atoms. The summed E-state index contributed by atoms with van der Waals surface area (Å²) >= 11 is 7.65. The first kappa shape index (κ1) is 22.0. The van der Waals surface area contributed by atoms with Crippen LogP contribution < -0.4 is 9.64 Å². The first-order valence-electron chi connectivity index (χ1n) is 9.69. The van der Waals surface area contributed by atoms with Gasteiger partial charge in [-0.3, -0.25) is 14.5 Å². The maximum Gasteiger partial charge on any atom is 0.300 e. The largest absolute Gasteiger partial charge is 0.507 e. The molecule has 1 fully saturated rings. The minimum atomic E-state index is -0.857. The van der Waals surface area contributed by atoms with E-state index in [0.29, 0.717) is 17.0 Å². The number of amides is 1. The summed E-state index contributed by atoms with van der Waals surface area (Å²) in [6.45, 7) is 3.43. The Morgan fingerprint density at radius 1 is 1.12 bits per heavy atom. The highest BCUT2D eigenvalue weighted by Crippen LogP contribution is 2.45. The zero-order valence-electron chi connectivity index (χ0n) is 17.5. The van der Waals surface area contributed by atoms with Crippen LogP contribution in [0.1, 0.15) is 27.6 Å². The Morgan fingerprint density at radius 2 is 1.88 bits per heavy atom. The topological polar surface area (TPSA) is 66.8 Å². The molecule has 1 aliphatic rings. The Bertz CT molecular complexity index is 1280. The molecule has 1 amide bonds. The summed E-state index contributed by atoms with van der Waals surface area (Å²) in [5, 5.41) is 13.2. The quantitative estimate of drug-likeness (QED) is 0.297. The third-order valence-corrected chi connectivity index (χ3v) is 6.81. The molecule has 0 spiro atoms. The molecule has 3 aromatic rings. The fourth-order valence-electron chi connectivity index (χ4n) is 3.76. The molecule has 1 aliphatic heterocycles. The molecule has 1 atom stereocenters. The number of carbonyl (C=O) groups is 2. The van der Waals surface area contributed by atoms with E-state index in [2.05, 4.69) is 0 Å². The van der Waals surface area contributed by atoms with Crippen molar-refractivity contribution in [1.29, 1.82) is 0 Å². The minimum Gasteiger partial charge on any atom is -0.507 e. The number of rotatable bonds is 4. The number of nitrogens with zero attached hydrogens (tertiary/aromatic N) is 1. The second-order valence-corrected chi connectivity index (χ2v) is 8.77. The molecule has 1 unspecified atom stereocenters. The molecule has 164 valence electrons. The molecule has 1 aromatic heterocycles. The molecule has 0 radical (unpaired) electrons. The van der Waals surface area contributed by atoms with Crippen LogP contribution in [0.5, 0.6) is 5.75 Å². The summed E-state index contributed by atoms with van der Waals surface area (Å²) in [5.41, 5.74) is 1.78. The Labute approximate surface area is 193 Å². The van der Waals surface area contributed by atoms with Gasteiger partial charge < -0.3 is 9.84 Å². The van der Waals surface area contributed by atoms with Crippen molar-refractivity contribution in [1.82, 2.24) is 0 Å². The number of aliphatic hydroxyl groups excluding tert-OH is 1. The van der Waals surface area contributed by atoms with Crippen LogP contribution in [0.3, 0.4) is 0 Å². The van der Waals surface area contributed by atoms with Crippen molar-refractivity contribution in [2.75, 3.05) is 12.0 Å². The van der Waals surface area contributed by atoms with E-state index in [4.69, 9.17) is 16.3 Å². The molecule has 2 aromatic carbocycles. The van der Waals surface area contributed by atoms with E-state index in [1.54, 1.807) is 25.1 Å². The molecule has 0 bridgehead atoms. The third-order valence-electron chi connectivity index (χ3n) is 5.44. The van der Waals surface area contributed by atoms with Crippen molar-refractivity contribution in [2.24, 2.45) is 0 Å². The number of aliphatic hydroxyl groups is 1. The molecule has 8 heteroatoms. The van der Waals surface area contributed by atoms with Crippen molar-refractivity contribution in [3.8, 4) is 5.75 Å². The second-order valence-electron chi connectivity index (χ2n) is 7.42. The number of thiophene rings is 1. The van der Waals surface area contributed by atoms with E-state index in [0.717, 1.165) is 10.4 Å². The van der Waals surface area contributed by atoms with Gasteiger partial charge in [-0.05, 0) is 72.8 Å². The van der Waals surface area contributed by atoms with Crippen LogP contribution in [0.15, 0.2) is 53.4 Å². The lowest BCUT2D eigenvalue weighted by molar-refractivity contribution is -0.132. The zero-order valence-corrected chi connectivity index (χ0v) is 19.1. The number of methoxy groups -OCH3 is 1. The third kappa shape index (κ3) is 3.57. The first-order valence-corrected chi connectivity index (χ1v) is 11.0. The van der Waals surface area contributed by atoms with Crippen LogP contribution in [-0.2, 0) is 9.59 Å². The van der Waals surface area contributed by atoms with Gasteiger partial charge >= 0.3 is 0 Å². The number of aryl methyl sites for hydroxylation is 2. The van der Waals surface area contributed by atoms with Crippen LogP contribution in [0, 0.1) is 19.7 Å². The van der Waals surface area contributed by atoms with Crippen molar-refractivity contribution in [2.45, 2.75) is 19.9 Å². The van der Waals surface area contributed by atoms with E-state index < -0.39 is 23.5 Å². The van der Waals surface area contributed by atoms with Crippen molar-refractivity contribution in [3.63, 3.8) is 0 Å². The van der Waals surface area contributed by atoms with Gasteiger partial charge in [0.15, 0.2) is 0 Å². The van der Waals surface area contributed by atoms with Gasteiger partial charge in [-0.25, -0.2) is 4.39 Å². The van der Waals surface area contributed by atoms with Gasteiger partial charge in [0, 0.05) is 16.1 Å². The number of anilines is 1. The van der Waals surface area contributed by atoms with Crippen LogP contribution in [0.4, 0.5) is 10.1 Å². The van der Waals surface area contributed by atoms with Crippen molar-refractivity contribution >= 4 is 46.1 Å². The Kier molecular flexibility index (Phi) is 5.79. The summed E-state index contributed by atoms with van der Waals surface area (Å²) in [6.07, 6.45) is 0. The van der Waals surface area contributed by atoms with Crippen LogP contribution in [0.25, 0.3) is 5.76 Å². The summed E-state index contributed by atoms with van der Waals surface area (Å²) in [6, 6.07) is 9.85. The number of ether oxygens (including phenoxy) is 1. The predicted molar refractivity (Wildman–Crippen MR) is 123 cm³/mol. The highest BCUT2D eigenvalue weighted by atomic mass is 35.5. The Hall–Kier alpha value is -3.16. The Morgan fingerprint density at radius 3 is 2.47 bits per heavy atom. The number of benzene rings is 2. The monoisotopic (exact) mass is 471 g/mol. The fraction of sp³-hybridized carbons (Fsp3) is 0.167. The smallest absolute Gasteiger partial charge is 0.300 e. The molecule has 2 heterocycles. The van der Waals surface area contributed by atoms with Crippen molar-refractivity contribution in [3.05, 3.63) is 85.8 Å². The average molecular weight is 472 g/mol. The number of carbonyl (C=O) groups excluding carboxylic acids is 2. The first-order chi connectivity index (χ1) is 15.2. The van der Waals surface area contributed by atoms with Crippen molar-refractivity contribution < 1.29 is 23.8 Å². The molecular weight excluding hydrogens is 453 g/mol. The van der Waals surface area contributed by atoms with Crippen LogP contribution in [-0.4, -0.2) is 23.9 Å². The number of halogens is 2. The highest BCUT2D eigenvalue weighted by molar-refractivity contribution is 7.10. The van der Waals surface area contributed by atoms with E-state index >= 15 is 0 Å². The number of hydrogen-bond donors (Lipinski definition) is 1. The number of ketones is 1. The maximum atomic E-state index is 13.8. The van der Waals surface area contributed by atoms with Crippen LogP contribution >= 0.6 is 22.9 Å². The van der Waals surface area contributed by atoms with E-state index in [9.17, 15) is 19.1 Å². The van der Waals surface area contributed by atoms with Gasteiger partial charge in [0.25, 0.3) is 11.7 Å².